The number of benzene rings is 1. The molecule has 0 aliphatic heterocycles. The van der Waals surface area contributed by atoms with E-state index >= 15 is 0 Å². The fourth-order valence-corrected chi connectivity index (χ4v) is 4.95. The van der Waals surface area contributed by atoms with Crippen molar-refractivity contribution in [3.63, 3.8) is 0 Å². The summed E-state index contributed by atoms with van der Waals surface area (Å²) in [6.45, 7) is -0.778. The summed E-state index contributed by atoms with van der Waals surface area (Å²) in [6.07, 6.45) is 1.56. The Morgan fingerprint density at radius 2 is 2.08 bits per heavy atom. The molecule has 3 rings (SSSR count). The van der Waals surface area contributed by atoms with E-state index in [1.165, 1.54) is 18.3 Å². The lowest BCUT2D eigenvalue weighted by Gasteiger charge is -2.26. The van der Waals surface area contributed by atoms with E-state index in [0.29, 0.717) is 29.3 Å². The minimum absolute atomic E-state index is 0.144. The molecule has 1 aromatic carbocycles. The third-order valence-corrected chi connectivity index (χ3v) is 7.01. The predicted octanol–water partition coefficient (Wildman–Crippen LogP) is 5.75. The molecular formula is C25H25F6N3O3S. The van der Waals surface area contributed by atoms with Crippen LogP contribution in [0.2, 0.25) is 0 Å². The lowest BCUT2D eigenvalue weighted by atomic mass is 9.98. The van der Waals surface area contributed by atoms with Gasteiger partial charge in [-0.3, -0.25) is 0 Å². The van der Waals surface area contributed by atoms with E-state index in [1.807, 2.05) is 6.92 Å². The van der Waals surface area contributed by atoms with Gasteiger partial charge in [0.2, 0.25) is 0 Å². The lowest BCUT2D eigenvalue weighted by molar-refractivity contribution is -0.238. The van der Waals surface area contributed by atoms with Crippen molar-refractivity contribution in [2.45, 2.75) is 43.4 Å². The zero-order chi connectivity index (χ0) is 28.1. The number of anilines is 1. The fraction of sp³-hybridized carbons (Fsp3) is 0.320. The molecule has 0 amide bonds. The standard InChI is InChI=1S/C25H25F6N3O3S/c1-2-33-14-17(13-32)21-6-4-16(15-3-5-19(37-23(27)28)11-18(26)9-15)10-22(21)34-38(36)20-7-8-24(35,12-20)25(29,30)31/h3-4,6-11,13-14,20,23,32-35H,2,5,12H2,1H3/b17-14+,32-13?/t20?,24-,38?/m0/s1. The van der Waals surface area contributed by atoms with Crippen LogP contribution in [0.3, 0.4) is 0 Å². The maximum atomic E-state index is 14.3. The average Bonchev–Trinajstić information content (AvgIpc) is 3.17. The summed E-state index contributed by atoms with van der Waals surface area (Å²) in [6, 6.07) is 4.57. The lowest BCUT2D eigenvalue weighted by Crippen LogP contribution is -2.44. The van der Waals surface area contributed by atoms with Gasteiger partial charge < -0.3 is 25.1 Å². The first-order chi connectivity index (χ1) is 17.9. The van der Waals surface area contributed by atoms with Gasteiger partial charge in [0.05, 0.1) is 17.0 Å². The Hall–Kier alpha value is -3.16. The molecule has 0 spiro atoms. The third-order valence-electron chi connectivity index (χ3n) is 5.71. The highest BCUT2D eigenvalue weighted by atomic mass is 32.2. The van der Waals surface area contributed by atoms with Crippen LogP contribution >= 0.6 is 0 Å². The number of nitrogens with one attached hydrogen (secondary N) is 3. The second kappa shape index (κ2) is 12.1. The highest BCUT2D eigenvalue weighted by Crippen LogP contribution is 2.41. The number of hydrogen-bond acceptors (Lipinski definition) is 6. The summed E-state index contributed by atoms with van der Waals surface area (Å²) in [7, 11) is 0. The van der Waals surface area contributed by atoms with Gasteiger partial charge in [0.1, 0.15) is 11.6 Å². The van der Waals surface area contributed by atoms with Gasteiger partial charge in [0, 0.05) is 49.0 Å². The van der Waals surface area contributed by atoms with Crippen molar-refractivity contribution in [2.24, 2.45) is 0 Å². The van der Waals surface area contributed by atoms with Gasteiger partial charge in [-0.2, -0.15) is 22.0 Å². The van der Waals surface area contributed by atoms with Gasteiger partial charge in [-0.25, -0.2) is 9.11 Å². The molecule has 0 heterocycles. The molecule has 2 aliphatic carbocycles. The van der Waals surface area contributed by atoms with Gasteiger partial charge in [0.25, 0.3) is 0 Å². The van der Waals surface area contributed by atoms with Crippen LogP contribution in [0, 0.1) is 5.41 Å². The minimum atomic E-state index is -4.95. The number of alkyl halides is 5. The number of hydrogen-bond donors (Lipinski definition) is 4. The van der Waals surface area contributed by atoms with Crippen LogP contribution < -0.4 is 10.0 Å². The molecule has 2 unspecified atom stereocenters. The number of aliphatic hydroxyl groups is 1. The average molecular weight is 562 g/mol. The second-order valence-corrected chi connectivity index (χ2v) is 9.77. The molecule has 0 aromatic heterocycles. The number of allylic oxidation sites excluding steroid dienone is 6. The highest BCUT2D eigenvalue weighted by molar-refractivity contribution is 7.93. The molecule has 0 bridgehead atoms. The van der Waals surface area contributed by atoms with Crippen molar-refractivity contribution in [2.75, 3.05) is 11.3 Å². The topological polar surface area (TPSA) is 100 Å². The summed E-state index contributed by atoms with van der Waals surface area (Å²) >= 11 is -2.14. The van der Waals surface area contributed by atoms with Gasteiger partial charge in [-0.05, 0) is 42.4 Å². The van der Waals surface area contributed by atoms with Crippen molar-refractivity contribution < 1.29 is 40.7 Å². The molecule has 0 radical (unpaired) electrons. The van der Waals surface area contributed by atoms with E-state index in [1.54, 1.807) is 12.1 Å². The molecular weight excluding hydrogens is 536 g/mol. The minimum Gasteiger partial charge on any atom is -0.593 e. The van der Waals surface area contributed by atoms with Gasteiger partial charge in [0.15, 0.2) is 10.9 Å². The first kappa shape index (κ1) is 29.4. The Bertz CT molecular complexity index is 1200. The highest BCUT2D eigenvalue weighted by Gasteiger charge is 2.57. The Kier molecular flexibility index (Phi) is 9.39. The largest absolute Gasteiger partial charge is 0.593 e. The molecule has 2 aliphatic rings. The third kappa shape index (κ3) is 7.03. The Morgan fingerprint density at radius 1 is 1.34 bits per heavy atom. The number of halogens is 6. The summed E-state index contributed by atoms with van der Waals surface area (Å²) in [5.74, 6) is -1.13. The van der Waals surface area contributed by atoms with E-state index in [-0.39, 0.29) is 23.4 Å². The predicted molar refractivity (Wildman–Crippen MR) is 134 cm³/mol. The fourth-order valence-electron chi connectivity index (χ4n) is 3.79. The van der Waals surface area contributed by atoms with Crippen LogP contribution in [0.25, 0.3) is 11.1 Å². The van der Waals surface area contributed by atoms with E-state index in [9.17, 15) is 36.0 Å². The first-order valence-electron chi connectivity index (χ1n) is 11.3. The summed E-state index contributed by atoms with van der Waals surface area (Å²) in [5, 5.41) is 19.4. The van der Waals surface area contributed by atoms with Crippen LogP contribution in [-0.4, -0.2) is 46.1 Å². The quantitative estimate of drug-likeness (QED) is 0.126. The summed E-state index contributed by atoms with van der Waals surface area (Å²) < 4.78 is 99.2. The Labute approximate surface area is 218 Å². The van der Waals surface area contributed by atoms with E-state index in [0.717, 1.165) is 24.4 Å². The molecule has 6 nitrogen and oxygen atoms in total. The summed E-state index contributed by atoms with van der Waals surface area (Å²) in [4.78, 5) is 0. The molecule has 1 aromatic rings. The molecule has 38 heavy (non-hydrogen) atoms. The molecule has 206 valence electrons. The van der Waals surface area contributed by atoms with Crippen molar-refractivity contribution in [1.29, 1.82) is 5.41 Å². The molecule has 3 atom stereocenters. The smallest absolute Gasteiger partial charge is 0.421 e. The number of rotatable bonds is 10. The van der Waals surface area contributed by atoms with Gasteiger partial charge in [-0.1, -0.05) is 18.2 Å². The van der Waals surface area contributed by atoms with E-state index < -0.39 is 47.2 Å². The van der Waals surface area contributed by atoms with Crippen molar-refractivity contribution in [1.82, 2.24) is 5.32 Å². The monoisotopic (exact) mass is 561 g/mol. The zero-order valence-corrected chi connectivity index (χ0v) is 20.8. The first-order valence-corrected chi connectivity index (χ1v) is 12.6. The summed E-state index contributed by atoms with van der Waals surface area (Å²) in [5.41, 5.74) is -1.59. The van der Waals surface area contributed by atoms with Crippen LogP contribution in [0.15, 0.2) is 66.4 Å². The van der Waals surface area contributed by atoms with Crippen LogP contribution in [0.4, 0.5) is 32.0 Å². The Morgan fingerprint density at radius 3 is 2.68 bits per heavy atom. The van der Waals surface area contributed by atoms with Crippen molar-refractivity contribution in [3.8, 4) is 0 Å². The van der Waals surface area contributed by atoms with Crippen molar-refractivity contribution in [3.05, 3.63) is 77.5 Å². The molecule has 0 saturated heterocycles. The van der Waals surface area contributed by atoms with Crippen LogP contribution in [-0.2, 0) is 16.1 Å². The van der Waals surface area contributed by atoms with Gasteiger partial charge in [-0.15, -0.1) is 0 Å². The molecule has 13 heteroatoms. The van der Waals surface area contributed by atoms with Crippen LogP contribution in [0.5, 0.6) is 0 Å². The normalized spacial score (nSPS) is 22.8. The van der Waals surface area contributed by atoms with Crippen LogP contribution in [0.1, 0.15) is 30.9 Å². The van der Waals surface area contributed by atoms with Crippen molar-refractivity contribution >= 4 is 34.4 Å². The maximum absolute atomic E-state index is 14.3. The zero-order valence-electron chi connectivity index (χ0n) is 20.0. The molecule has 0 fully saturated rings. The molecule has 4 N–H and O–H groups in total. The number of ether oxygens (including phenoxy) is 1. The maximum Gasteiger partial charge on any atom is 0.421 e. The van der Waals surface area contributed by atoms with Gasteiger partial charge >= 0.3 is 12.8 Å². The Balaban J connectivity index is 1.96. The molecule has 0 saturated carbocycles. The second-order valence-electron chi connectivity index (χ2n) is 8.37. The van der Waals surface area contributed by atoms with E-state index in [4.69, 9.17) is 5.41 Å². The van der Waals surface area contributed by atoms with E-state index in [2.05, 4.69) is 14.8 Å². The SMILES string of the molecule is CCN/C=C(\C=N)c1ccc(C2=CCC(OC(F)F)=CC(F)=C2)cc1N[S+]([O-])C1C=C[C@@](O)(C(F)(F)F)C1.